The lowest BCUT2D eigenvalue weighted by Crippen LogP contribution is -2.19. The number of aryl methyl sites for hydroxylation is 3. The van der Waals surface area contributed by atoms with Crippen LogP contribution in [0.15, 0.2) is 52.4 Å². The number of hydrogen-bond donors (Lipinski definition) is 1. The van der Waals surface area contributed by atoms with Crippen molar-refractivity contribution in [2.75, 3.05) is 0 Å². The molecule has 1 N–H and O–H groups in total. The summed E-state index contributed by atoms with van der Waals surface area (Å²) in [6.07, 6.45) is 1.97. The van der Waals surface area contributed by atoms with Crippen molar-refractivity contribution in [3.63, 3.8) is 0 Å². The molecule has 1 saturated heterocycles. The summed E-state index contributed by atoms with van der Waals surface area (Å²) < 4.78 is 2.16. The van der Waals surface area contributed by atoms with Crippen LogP contribution in [0.4, 0.5) is 5.69 Å². The monoisotopic (exact) mass is 375 g/mol. The van der Waals surface area contributed by atoms with Gasteiger partial charge in [0, 0.05) is 29.2 Å². The van der Waals surface area contributed by atoms with E-state index in [1.807, 2.05) is 37.3 Å². The van der Waals surface area contributed by atoms with Gasteiger partial charge < -0.3 is 9.88 Å². The van der Waals surface area contributed by atoms with Crippen molar-refractivity contribution in [2.45, 2.75) is 20.8 Å². The molecule has 0 bridgehead atoms. The van der Waals surface area contributed by atoms with Crippen LogP contribution in [0.3, 0.4) is 0 Å². The van der Waals surface area contributed by atoms with E-state index in [1.54, 1.807) is 0 Å². The molecule has 2 heterocycles. The smallest absolute Gasteiger partial charge is 0.264 e. The molecule has 136 valence electrons. The minimum absolute atomic E-state index is 0.101. The number of amidine groups is 1. The van der Waals surface area contributed by atoms with Crippen molar-refractivity contribution < 1.29 is 4.79 Å². The predicted molar refractivity (Wildman–Crippen MR) is 114 cm³/mol. The van der Waals surface area contributed by atoms with E-state index in [4.69, 9.17) is 0 Å². The zero-order chi connectivity index (χ0) is 19.1. The second-order valence-electron chi connectivity index (χ2n) is 6.85. The number of nitrogens with zero attached hydrogens (tertiary/aromatic N) is 2. The lowest BCUT2D eigenvalue weighted by atomic mass is 10.1. The normalized spacial score (nSPS) is 17.3. The van der Waals surface area contributed by atoms with Crippen LogP contribution >= 0.6 is 11.8 Å². The SMILES string of the molecule is Cc1ccc(N=C2NC(=O)/C(=C\c3c(C)n(C)c4ccccc34)S2)c(C)c1. The maximum Gasteiger partial charge on any atom is 0.264 e. The minimum atomic E-state index is -0.101. The molecule has 4 rings (SSSR count). The zero-order valence-corrected chi connectivity index (χ0v) is 16.6. The largest absolute Gasteiger partial charge is 0.347 e. The highest BCUT2D eigenvalue weighted by Gasteiger charge is 2.25. The fourth-order valence-electron chi connectivity index (χ4n) is 3.38. The average molecular weight is 375 g/mol. The Morgan fingerprint density at radius 2 is 1.89 bits per heavy atom. The third-order valence-electron chi connectivity index (χ3n) is 4.95. The number of aliphatic imine (C=N–C) groups is 1. The number of carbonyl (C=O) groups is 1. The van der Waals surface area contributed by atoms with Crippen LogP contribution in [-0.4, -0.2) is 15.6 Å². The van der Waals surface area contributed by atoms with Crippen molar-refractivity contribution in [1.82, 2.24) is 9.88 Å². The Balaban J connectivity index is 1.71. The Morgan fingerprint density at radius 3 is 2.67 bits per heavy atom. The summed E-state index contributed by atoms with van der Waals surface area (Å²) >= 11 is 1.39. The van der Waals surface area contributed by atoms with Gasteiger partial charge in [0.2, 0.25) is 0 Å². The summed E-state index contributed by atoms with van der Waals surface area (Å²) in [5.41, 5.74) is 6.56. The quantitative estimate of drug-likeness (QED) is 0.641. The highest BCUT2D eigenvalue weighted by Crippen LogP contribution is 2.33. The maximum absolute atomic E-state index is 12.5. The molecule has 0 saturated carbocycles. The molecule has 3 aromatic rings. The molecule has 27 heavy (non-hydrogen) atoms. The van der Waals surface area contributed by atoms with Crippen LogP contribution in [0.2, 0.25) is 0 Å². The zero-order valence-electron chi connectivity index (χ0n) is 15.8. The molecule has 1 amide bonds. The van der Waals surface area contributed by atoms with E-state index >= 15 is 0 Å². The fraction of sp³-hybridized carbons (Fsp3) is 0.182. The molecule has 0 spiro atoms. The van der Waals surface area contributed by atoms with Crippen LogP contribution in [0.25, 0.3) is 17.0 Å². The van der Waals surface area contributed by atoms with E-state index in [1.165, 1.54) is 17.3 Å². The number of para-hydroxylation sites is 1. The van der Waals surface area contributed by atoms with E-state index in [9.17, 15) is 4.79 Å². The van der Waals surface area contributed by atoms with Gasteiger partial charge in [-0.1, -0.05) is 35.9 Å². The second-order valence-corrected chi connectivity index (χ2v) is 7.88. The van der Waals surface area contributed by atoms with Gasteiger partial charge in [-0.25, -0.2) is 4.99 Å². The number of aromatic nitrogens is 1. The van der Waals surface area contributed by atoms with Crippen LogP contribution < -0.4 is 5.32 Å². The molecular weight excluding hydrogens is 354 g/mol. The average Bonchev–Trinajstić information content (AvgIpc) is 3.10. The Morgan fingerprint density at radius 1 is 1.11 bits per heavy atom. The molecule has 1 aliphatic heterocycles. The molecule has 1 aromatic heterocycles. The van der Waals surface area contributed by atoms with Crippen LogP contribution in [0.5, 0.6) is 0 Å². The van der Waals surface area contributed by atoms with Crippen LogP contribution in [-0.2, 0) is 11.8 Å². The van der Waals surface area contributed by atoms with Crippen molar-refractivity contribution in [3.05, 3.63) is 69.8 Å². The lowest BCUT2D eigenvalue weighted by Gasteiger charge is -2.02. The molecule has 0 radical (unpaired) electrons. The molecule has 4 nitrogen and oxygen atoms in total. The number of fused-ring (bicyclic) bond motifs is 1. The van der Waals surface area contributed by atoms with E-state index < -0.39 is 0 Å². The number of rotatable bonds is 2. The number of hydrogen-bond acceptors (Lipinski definition) is 3. The molecule has 1 aliphatic rings. The van der Waals surface area contributed by atoms with Gasteiger partial charge >= 0.3 is 0 Å². The summed E-state index contributed by atoms with van der Waals surface area (Å²) in [6, 6.07) is 14.4. The predicted octanol–water partition coefficient (Wildman–Crippen LogP) is 5.00. The van der Waals surface area contributed by atoms with Gasteiger partial charge in [-0.15, -0.1) is 0 Å². The van der Waals surface area contributed by atoms with Crippen LogP contribution in [0.1, 0.15) is 22.4 Å². The first kappa shape index (κ1) is 17.6. The number of carbonyl (C=O) groups excluding carboxylic acids is 1. The van der Waals surface area contributed by atoms with E-state index in [2.05, 4.69) is 54.0 Å². The Bertz CT molecular complexity index is 1140. The van der Waals surface area contributed by atoms with Gasteiger partial charge in [0.25, 0.3) is 5.91 Å². The Hall–Kier alpha value is -2.79. The highest BCUT2D eigenvalue weighted by molar-refractivity contribution is 8.18. The fourth-order valence-corrected chi connectivity index (χ4v) is 4.20. The van der Waals surface area contributed by atoms with Gasteiger partial charge in [-0.2, -0.15) is 0 Å². The van der Waals surface area contributed by atoms with Crippen molar-refractivity contribution in [1.29, 1.82) is 0 Å². The van der Waals surface area contributed by atoms with E-state index in [0.717, 1.165) is 33.4 Å². The summed E-state index contributed by atoms with van der Waals surface area (Å²) in [7, 11) is 2.05. The first-order valence-corrected chi connectivity index (χ1v) is 9.66. The number of amides is 1. The van der Waals surface area contributed by atoms with Gasteiger partial charge in [-0.05, 0) is 56.3 Å². The maximum atomic E-state index is 12.5. The summed E-state index contributed by atoms with van der Waals surface area (Å²) in [4.78, 5) is 17.8. The Labute approximate surface area is 163 Å². The van der Waals surface area contributed by atoms with Crippen molar-refractivity contribution >= 4 is 45.5 Å². The van der Waals surface area contributed by atoms with E-state index in [0.29, 0.717) is 10.1 Å². The second kappa shape index (κ2) is 6.74. The first-order chi connectivity index (χ1) is 12.9. The topological polar surface area (TPSA) is 46.4 Å². The molecule has 5 heteroatoms. The molecule has 1 fully saturated rings. The molecular formula is C22H21N3OS. The number of benzene rings is 2. The Kier molecular flexibility index (Phi) is 4.40. The van der Waals surface area contributed by atoms with Crippen molar-refractivity contribution in [2.24, 2.45) is 12.0 Å². The molecule has 2 aromatic carbocycles. The van der Waals surface area contributed by atoms with Crippen LogP contribution in [0, 0.1) is 20.8 Å². The number of thioether (sulfide) groups is 1. The van der Waals surface area contributed by atoms with Gasteiger partial charge in [-0.3, -0.25) is 4.79 Å². The van der Waals surface area contributed by atoms with Gasteiger partial charge in [0.05, 0.1) is 10.6 Å². The van der Waals surface area contributed by atoms with Gasteiger partial charge in [0.15, 0.2) is 5.17 Å². The van der Waals surface area contributed by atoms with E-state index in [-0.39, 0.29) is 5.91 Å². The summed E-state index contributed by atoms with van der Waals surface area (Å²) in [5.74, 6) is -0.101. The third kappa shape index (κ3) is 3.19. The molecule has 0 unspecified atom stereocenters. The number of nitrogens with one attached hydrogen (secondary N) is 1. The summed E-state index contributed by atoms with van der Waals surface area (Å²) in [5, 5.41) is 4.66. The summed E-state index contributed by atoms with van der Waals surface area (Å²) in [6.45, 7) is 6.17. The first-order valence-electron chi connectivity index (χ1n) is 8.85. The lowest BCUT2D eigenvalue weighted by molar-refractivity contribution is -0.115. The molecule has 0 aliphatic carbocycles. The van der Waals surface area contributed by atoms with Gasteiger partial charge in [0.1, 0.15) is 0 Å². The van der Waals surface area contributed by atoms with Crippen molar-refractivity contribution in [3.8, 4) is 0 Å². The minimum Gasteiger partial charge on any atom is -0.347 e. The molecule has 0 atom stereocenters. The third-order valence-corrected chi connectivity index (χ3v) is 5.86. The highest BCUT2D eigenvalue weighted by atomic mass is 32.2. The standard InChI is InChI=1S/C22H21N3OS/c1-13-9-10-18(14(2)11-13)23-22-24-21(26)20(27-22)12-17-15(3)25(4)19-8-6-5-7-16(17)19/h5-12H,1-4H3,(H,23,24,26)/b20-12+.